The molecule has 0 saturated carbocycles. The third-order valence-corrected chi connectivity index (χ3v) is 17.3. The summed E-state index contributed by atoms with van der Waals surface area (Å²) in [6.07, 6.45) is 2.52. The monoisotopic (exact) mass is 2000 g/mol. The first-order chi connectivity index (χ1) is 68.9. The Morgan fingerprint density at radius 3 is 0.937 bits per heavy atom. The molecule has 758 valence electrons. The molecular formula is C92H91N7O44. The van der Waals surface area contributed by atoms with Crippen LogP contribution in [0.1, 0.15) is 71.6 Å². The van der Waals surface area contributed by atoms with Crippen molar-refractivity contribution in [3.8, 4) is 149 Å². The van der Waals surface area contributed by atoms with Crippen LogP contribution in [0.3, 0.4) is 0 Å². The number of phenolic OH excluding ortho intramolecular Hbond substituents is 6. The number of phenols is 6. The van der Waals surface area contributed by atoms with Gasteiger partial charge in [0.2, 0.25) is 11.5 Å². The number of ether oxygens (including phenoxy) is 22. The molecule has 0 bridgehead atoms. The first-order valence-corrected chi connectivity index (χ1v) is 40.6. The molecule has 10 aromatic carbocycles. The molecular weight excluding hydrogens is 1910 g/mol. The van der Waals surface area contributed by atoms with Gasteiger partial charge in [-0.2, -0.15) is 0 Å². The van der Waals surface area contributed by atoms with Crippen molar-refractivity contribution in [2.45, 2.75) is 13.8 Å². The molecule has 7 N–H and O–H groups in total. The van der Waals surface area contributed by atoms with Crippen molar-refractivity contribution in [2.75, 3.05) is 124 Å². The van der Waals surface area contributed by atoms with E-state index >= 15 is 0 Å². The molecule has 0 saturated heterocycles. The second-order valence-corrected chi connectivity index (χ2v) is 27.1. The maximum Gasteiger partial charge on any atom is 0.377 e. The lowest BCUT2D eigenvalue weighted by Crippen LogP contribution is -2.05. The van der Waals surface area contributed by atoms with E-state index in [4.69, 9.17) is 134 Å². The van der Waals surface area contributed by atoms with Crippen LogP contribution in [-0.2, 0) is 47.4 Å². The van der Waals surface area contributed by atoms with Crippen LogP contribution >= 0.6 is 0 Å². The van der Waals surface area contributed by atoms with Gasteiger partial charge in [0.15, 0.2) is 73.2 Å². The summed E-state index contributed by atoms with van der Waals surface area (Å²) in [5, 5.41) is 119. The highest BCUT2D eigenvalue weighted by molar-refractivity contribution is 5.91. The minimum Gasteiger partial charge on any atom is -0.508 e. The summed E-state index contributed by atoms with van der Waals surface area (Å²) in [5.74, 6) is 0.312. The summed E-state index contributed by atoms with van der Waals surface area (Å²) in [6, 6.07) is 40.5. The van der Waals surface area contributed by atoms with E-state index in [0.29, 0.717) is 70.2 Å². The fourth-order valence-electron chi connectivity index (χ4n) is 11.1. The van der Waals surface area contributed by atoms with E-state index in [1.807, 2.05) is 0 Å². The van der Waals surface area contributed by atoms with Gasteiger partial charge in [-0.05, 0) is 62.4 Å². The van der Waals surface area contributed by atoms with E-state index in [2.05, 4.69) is 15.5 Å². The predicted octanol–water partition coefficient (Wildman–Crippen LogP) is 15.9. The Balaban J connectivity index is 0.000000239. The maximum absolute atomic E-state index is 12.1. The lowest BCUT2D eigenvalue weighted by molar-refractivity contribution is -0.385. The number of carbonyl (C=O) groups is 5. The van der Waals surface area contributed by atoms with Crippen molar-refractivity contribution >= 4 is 59.8 Å². The molecule has 0 aliphatic heterocycles. The number of hydrogen-bond donors (Lipinski definition) is 7. The van der Waals surface area contributed by atoms with Crippen LogP contribution in [0, 0.1) is 40.5 Å². The quantitative estimate of drug-likeness (QED) is 0.00354. The third kappa shape index (κ3) is 34.4. The minimum atomic E-state index is -0.725. The SMILES string of the molecule is CCOC(=O)c1cc(-c2c(O)cc(O)cc2Oc2ccc([N+](=O)[O-])cc2)no1.CCOC(=O)c1cc(-c2c(OCOC)cc(OCOC)cc2Oc2ccc([N+](=O)[O-])cc2)no1.COCOc1cc(O)c(C=O)c(OCOC)c1.COCOc1cc(OCOC)c(/C=N/O)c(Oc2ccc([N+](=O)[O-])cc2)c1.COCOc1cc(OCOC)c(C=O)c(Oc2ccc([N+](=O)[O-])cc2)c1.O=Cc1c(O)cc(O)cc1O. The number of rotatable bonds is 46. The van der Waals surface area contributed by atoms with Crippen molar-refractivity contribution < 1.29 is 193 Å². The molecule has 0 fully saturated rings. The van der Waals surface area contributed by atoms with Crippen molar-refractivity contribution in [2.24, 2.45) is 5.16 Å². The van der Waals surface area contributed by atoms with Gasteiger partial charge in [0.25, 0.3) is 22.7 Å². The summed E-state index contributed by atoms with van der Waals surface area (Å²) in [4.78, 5) is 97.4. The molecule has 51 heteroatoms. The number of aromatic nitrogens is 2. The summed E-state index contributed by atoms with van der Waals surface area (Å²) >= 11 is 0. The van der Waals surface area contributed by atoms with E-state index in [9.17, 15) is 79.7 Å². The van der Waals surface area contributed by atoms with Crippen LogP contribution in [0.4, 0.5) is 22.7 Å². The molecule has 0 amide bonds. The second-order valence-electron chi connectivity index (χ2n) is 27.1. The van der Waals surface area contributed by atoms with Gasteiger partial charge in [0.1, 0.15) is 138 Å². The number of methoxy groups -OCH3 is 8. The van der Waals surface area contributed by atoms with Crippen LogP contribution in [0.2, 0.25) is 0 Å². The van der Waals surface area contributed by atoms with E-state index in [1.54, 1.807) is 32.0 Å². The number of nitro groups is 4. The fourth-order valence-corrected chi connectivity index (χ4v) is 11.1. The van der Waals surface area contributed by atoms with Gasteiger partial charge in [0.05, 0.1) is 72.5 Å². The highest BCUT2D eigenvalue weighted by atomic mass is 16.7. The van der Waals surface area contributed by atoms with E-state index in [0.717, 1.165) is 24.4 Å². The highest BCUT2D eigenvalue weighted by Gasteiger charge is 2.28. The van der Waals surface area contributed by atoms with Gasteiger partial charge >= 0.3 is 11.9 Å². The lowest BCUT2D eigenvalue weighted by Gasteiger charge is -2.17. The van der Waals surface area contributed by atoms with Crippen molar-refractivity contribution in [3.05, 3.63) is 256 Å². The van der Waals surface area contributed by atoms with Crippen LogP contribution in [0.5, 0.6) is 126 Å². The maximum atomic E-state index is 12.1. The Morgan fingerprint density at radius 1 is 0.322 bits per heavy atom. The highest BCUT2D eigenvalue weighted by Crippen LogP contribution is 2.47. The molecule has 0 unspecified atom stereocenters. The number of benzene rings is 10. The molecule has 0 radical (unpaired) electrons. The molecule has 12 rings (SSSR count). The van der Waals surface area contributed by atoms with Crippen LogP contribution in [0.25, 0.3) is 22.5 Å². The molecule has 0 aliphatic carbocycles. The summed E-state index contributed by atoms with van der Waals surface area (Å²) in [5.41, 5.74) is 0.579. The number of esters is 2. The number of non-ortho nitro benzene ring substituents is 4. The predicted molar refractivity (Wildman–Crippen MR) is 490 cm³/mol. The first-order valence-electron chi connectivity index (χ1n) is 40.6. The smallest absolute Gasteiger partial charge is 0.377 e. The Labute approximate surface area is 808 Å². The van der Waals surface area contributed by atoms with E-state index in [-0.39, 0.29) is 210 Å². The third-order valence-electron chi connectivity index (χ3n) is 17.3. The van der Waals surface area contributed by atoms with Gasteiger partial charge < -0.3 is 149 Å². The zero-order valence-corrected chi connectivity index (χ0v) is 77.1. The van der Waals surface area contributed by atoms with Gasteiger partial charge in [0, 0.05) is 190 Å². The number of oxime groups is 1. The minimum absolute atomic E-state index is 0.00457. The summed E-state index contributed by atoms with van der Waals surface area (Å²) < 4.78 is 125. The molecule has 0 atom stereocenters. The fraction of sp³-hybridized carbons (Fsp3) is 0.217. The Morgan fingerprint density at radius 2 is 0.594 bits per heavy atom. The van der Waals surface area contributed by atoms with Gasteiger partial charge in [-0.3, -0.25) is 54.8 Å². The Bertz CT molecular complexity index is 6220. The van der Waals surface area contributed by atoms with Crippen molar-refractivity contribution in [3.63, 3.8) is 0 Å². The number of nitrogens with zero attached hydrogens (tertiary/aromatic N) is 7. The number of carbonyl (C=O) groups excluding carboxylic acids is 5. The lowest BCUT2D eigenvalue weighted by atomic mass is 10.1. The average Bonchev–Trinajstić information content (AvgIpc) is 1.72. The summed E-state index contributed by atoms with van der Waals surface area (Å²) in [7, 11) is 11.7. The number of hydrogen-bond acceptors (Lipinski definition) is 47. The number of aromatic hydroxyl groups is 6. The van der Waals surface area contributed by atoms with Crippen molar-refractivity contribution in [1.29, 1.82) is 0 Å². The van der Waals surface area contributed by atoms with Crippen molar-refractivity contribution in [1.82, 2.24) is 10.3 Å². The summed E-state index contributed by atoms with van der Waals surface area (Å²) in [6.45, 7) is 3.30. The first kappa shape index (κ1) is 112. The topological polar surface area (TPSA) is 667 Å². The van der Waals surface area contributed by atoms with Gasteiger partial charge in [-0.1, -0.05) is 15.5 Å². The molecule has 143 heavy (non-hydrogen) atoms. The zero-order valence-electron chi connectivity index (χ0n) is 77.1. The normalized spacial score (nSPS) is 10.4. The molecule has 2 heterocycles. The average molecular weight is 2000 g/mol. The van der Waals surface area contributed by atoms with Crippen LogP contribution < -0.4 is 56.8 Å². The largest absolute Gasteiger partial charge is 0.508 e. The van der Waals surface area contributed by atoms with Gasteiger partial charge in [-0.25, -0.2) is 9.59 Å². The van der Waals surface area contributed by atoms with E-state index in [1.165, 1.54) is 202 Å². The second kappa shape index (κ2) is 58.3. The number of aldehydes is 3. The molecule has 0 aliphatic rings. The van der Waals surface area contributed by atoms with Gasteiger partial charge in [-0.15, -0.1) is 0 Å². The number of nitro benzene ring substituents is 4. The standard InChI is InChI=1S/C22H22N2O10.C18H14N2O8.C17H18N2O8.C17H17NO8.C11H14O6.C7H6O4/c1-4-30-22(25)20-11-17(23-34-20)21-18(32-13-29-3)9-16(31-12-28-2)10-19(21)33-15-7-5-14(6-8-15)24(26)27;1-2-26-18(23)16-9-13(19-28-16)17-14(22)7-11(21)8-15(17)27-12-5-3-10(4-6-12)20(24)25;1-23-10-25-14-7-16(26-11-24-2)15(9-18-20)17(8-14)27-13-5-3-12(4-6-13)19(21)22;1-22-10-24-14-7-16(25-11-23-2)15(9-19)17(8-14)26-13-5-3-12(4-6-13)18(20)21;1-14-6-16-8-3-10(13)9(5-12)11(4-8)17-7-15-2;8-3-5-6(10)1-4(9)2-7(5)11/h5-11H,4,12-13H2,1-3H3;3-9,21-22H,2H2,1H3;3-9,20H,10-11H2,1-2H3;3-9H,10-11H2,1-2H3;3-5,13H,6-7H2,1-2H3;1-3,9-11H/b;;18-9+;;;. The molecule has 12 aromatic rings. The zero-order chi connectivity index (χ0) is 104. The Hall–Kier alpha value is -18.3. The molecule has 51 nitrogen and oxygen atoms in total. The molecule has 2 aromatic heterocycles. The molecule has 0 spiro atoms. The van der Waals surface area contributed by atoms with Crippen LogP contribution in [0.15, 0.2) is 196 Å². The Kier molecular flexibility index (Phi) is 45.6. The van der Waals surface area contributed by atoms with E-state index < -0.39 is 43.1 Å². The van der Waals surface area contributed by atoms with Crippen LogP contribution in [-0.4, -0.2) is 227 Å².